The molecular weight excluding hydrogens is 378 g/mol. The molecule has 3 aromatic rings. The van der Waals surface area contributed by atoms with Gasteiger partial charge in [-0.25, -0.2) is 4.98 Å². The number of methoxy groups -OCH3 is 1. The summed E-state index contributed by atoms with van der Waals surface area (Å²) in [5.74, 6) is 0.956. The fraction of sp³-hybridized carbons (Fsp3) is 0.400. The van der Waals surface area contributed by atoms with Gasteiger partial charge in [-0.2, -0.15) is 0 Å². The Morgan fingerprint density at radius 2 is 2.00 bits per heavy atom. The zero-order chi connectivity index (χ0) is 20.1. The Balaban J connectivity index is 1.75. The molecule has 1 aromatic carbocycles. The van der Waals surface area contributed by atoms with E-state index >= 15 is 0 Å². The Morgan fingerprint density at radius 3 is 2.75 bits per heavy atom. The summed E-state index contributed by atoms with van der Waals surface area (Å²) >= 11 is 0. The summed E-state index contributed by atoms with van der Waals surface area (Å²) in [6.07, 6.45) is 1.30. The number of ether oxygens (including phenoxy) is 3. The summed E-state index contributed by atoms with van der Waals surface area (Å²) in [6.45, 7) is 6.63. The lowest BCUT2D eigenvalue weighted by molar-refractivity contribution is -0.0802. The number of nitrogens with zero attached hydrogens (tertiary/aromatic N) is 2. The molecule has 0 aliphatic rings. The number of hydrogen-bond acceptors (Lipinski definition) is 6. The molecule has 0 aliphatic heterocycles. The van der Waals surface area contributed by atoms with Crippen molar-refractivity contribution in [3.8, 4) is 5.75 Å². The molecule has 8 heteroatoms. The average molecular weight is 404 g/mol. The van der Waals surface area contributed by atoms with Gasteiger partial charge in [0.1, 0.15) is 5.75 Å². The topological polar surface area (TPSA) is 86.3 Å². The number of benzene rings is 1. The predicted octanol–water partition coefficient (Wildman–Crippen LogP) is 3.27. The molecule has 0 saturated carbocycles. The first-order valence-electron chi connectivity index (χ1n) is 9.05. The molecule has 0 bridgehead atoms. The van der Waals surface area contributed by atoms with Crippen LogP contribution < -0.4 is 4.74 Å². The van der Waals surface area contributed by atoms with Gasteiger partial charge < -0.3 is 19.2 Å². The Hall–Kier alpha value is -2.29. The highest BCUT2D eigenvalue weighted by Gasteiger charge is 2.17. The third-order valence-corrected chi connectivity index (χ3v) is 5.48. The second kappa shape index (κ2) is 9.27. The molecule has 0 spiro atoms. The predicted molar refractivity (Wildman–Crippen MR) is 108 cm³/mol. The number of aromatic amines is 1. The number of aromatic nitrogens is 3. The van der Waals surface area contributed by atoms with Gasteiger partial charge in [0.15, 0.2) is 11.4 Å². The van der Waals surface area contributed by atoms with Gasteiger partial charge in [-0.05, 0) is 32.9 Å². The highest BCUT2D eigenvalue weighted by Crippen LogP contribution is 2.27. The van der Waals surface area contributed by atoms with Crippen molar-refractivity contribution in [2.24, 2.45) is 0 Å². The first-order valence-corrected chi connectivity index (χ1v) is 10.4. The minimum absolute atomic E-state index is 0.251. The molecule has 1 N–H and O–H groups in total. The smallest absolute Gasteiger partial charge is 0.197 e. The van der Waals surface area contributed by atoms with Crippen molar-refractivity contribution in [1.29, 1.82) is 0 Å². The summed E-state index contributed by atoms with van der Waals surface area (Å²) in [7, 11) is 0.282. The monoisotopic (exact) mass is 403 g/mol. The number of pyridine rings is 1. The lowest BCUT2D eigenvalue weighted by Crippen LogP contribution is -2.20. The second-order valence-corrected chi connectivity index (χ2v) is 7.81. The fourth-order valence-corrected chi connectivity index (χ4v) is 3.91. The van der Waals surface area contributed by atoms with Crippen LogP contribution in [-0.4, -0.2) is 45.8 Å². The van der Waals surface area contributed by atoms with E-state index < -0.39 is 17.1 Å². The van der Waals surface area contributed by atoms with E-state index in [1.165, 1.54) is 0 Å². The van der Waals surface area contributed by atoms with Crippen LogP contribution >= 0.6 is 0 Å². The van der Waals surface area contributed by atoms with Crippen molar-refractivity contribution in [2.75, 3.05) is 20.3 Å². The molecule has 3 rings (SSSR count). The van der Waals surface area contributed by atoms with Gasteiger partial charge in [0, 0.05) is 24.4 Å². The van der Waals surface area contributed by atoms with E-state index in [1.807, 2.05) is 45.0 Å². The zero-order valence-corrected chi connectivity index (χ0v) is 17.3. The maximum Gasteiger partial charge on any atom is 0.197 e. The molecule has 7 nitrogen and oxygen atoms in total. The van der Waals surface area contributed by atoms with Gasteiger partial charge in [-0.15, -0.1) is 0 Å². The van der Waals surface area contributed by atoms with E-state index in [0.717, 1.165) is 22.2 Å². The third-order valence-electron chi connectivity index (χ3n) is 4.32. The van der Waals surface area contributed by atoms with Crippen molar-refractivity contribution in [3.05, 3.63) is 47.3 Å². The largest absolute Gasteiger partial charge is 0.465 e. The summed E-state index contributed by atoms with van der Waals surface area (Å²) in [5, 5.41) is 0.446. The van der Waals surface area contributed by atoms with Crippen LogP contribution in [0.1, 0.15) is 23.7 Å². The number of hydrogen-bond donors (Lipinski definition) is 1. The summed E-state index contributed by atoms with van der Waals surface area (Å²) in [5.41, 5.74) is 4.13. The summed E-state index contributed by atoms with van der Waals surface area (Å²) < 4.78 is 29.3. The molecule has 2 unspecified atom stereocenters. The third kappa shape index (κ3) is 4.76. The summed E-state index contributed by atoms with van der Waals surface area (Å²) in [4.78, 5) is 12.0. The van der Waals surface area contributed by atoms with Gasteiger partial charge in [0.2, 0.25) is 0 Å². The van der Waals surface area contributed by atoms with Gasteiger partial charge in [-0.1, -0.05) is 12.1 Å². The molecule has 0 amide bonds. The number of para-hydroxylation sites is 2. The number of imidazole rings is 1. The highest BCUT2D eigenvalue weighted by atomic mass is 32.2. The van der Waals surface area contributed by atoms with Gasteiger partial charge in [0.25, 0.3) is 0 Å². The van der Waals surface area contributed by atoms with Crippen molar-refractivity contribution in [3.63, 3.8) is 0 Å². The summed E-state index contributed by atoms with van der Waals surface area (Å²) in [6, 6.07) is 7.62. The quantitative estimate of drug-likeness (QED) is 0.436. The van der Waals surface area contributed by atoms with Crippen LogP contribution in [0.4, 0.5) is 0 Å². The molecular formula is C20H25N3O4S. The fourth-order valence-electron chi connectivity index (χ4n) is 2.81. The Bertz CT molecular complexity index is 940. The van der Waals surface area contributed by atoms with Crippen LogP contribution in [0.2, 0.25) is 0 Å². The lowest BCUT2D eigenvalue weighted by Gasteiger charge is -2.19. The Morgan fingerprint density at radius 1 is 1.21 bits per heavy atom. The molecule has 0 aliphatic carbocycles. The molecule has 0 radical (unpaired) electrons. The van der Waals surface area contributed by atoms with Crippen molar-refractivity contribution >= 4 is 21.8 Å². The first kappa shape index (κ1) is 20.4. The van der Waals surface area contributed by atoms with Crippen molar-refractivity contribution in [1.82, 2.24) is 15.0 Å². The van der Waals surface area contributed by atoms with Gasteiger partial charge >= 0.3 is 0 Å². The normalized spacial score (nSPS) is 13.6. The number of aryl methyl sites for hydroxylation is 1. The van der Waals surface area contributed by atoms with E-state index in [0.29, 0.717) is 29.8 Å². The van der Waals surface area contributed by atoms with E-state index in [9.17, 15) is 4.21 Å². The number of H-pyrrole nitrogens is 1. The standard InChI is InChI=1S/C20H25N3O4S/c1-13-11-21-18(14(2)19(13)27-15(3)26-10-9-25-4)12-28(24)20-22-16-7-5-6-8-17(16)23-20/h5-8,11,15H,9-10,12H2,1-4H3,(H,22,23). The zero-order valence-electron chi connectivity index (χ0n) is 16.5. The average Bonchev–Trinajstić information content (AvgIpc) is 3.12. The molecule has 0 saturated heterocycles. The highest BCUT2D eigenvalue weighted by molar-refractivity contribution is 7.84. The maximum absolute atomic E-state index is 12.8. The van der Waals surface area contributed by atoms with E-state index in [2.05, 4.69) is 15.0 Å². The van der Waals surface area contributed by atoms with E-state index in [-0.39, 0.29) is 5.75 Å². The van der Waals surface area contributed by atoms with Crippen LogP contribution in [0.3, 0.4) is 0 Å². The second-order valence-electron chi connectivity index (χ2n) is 6.44. The van der Waals surface area contributed by atoms with Crippen LogP contribution in [0, 0.1) is 13.8 Å². The molecule has 0 fully saturated rings. The molecule has 2 aromatic heterocycles. The van der Waals surface area contributed by atoms with E-state index in [4.69, 9.17) is 14.2 Å². The first-order chi connectivity index (χ1) is 13.5. The Labute approximate surface area is 166 Å². The van der Waals surface area contributed by atoms with Crippen LogP contribution in [0.25, 0.3) is 11.0 Å². The van der Waals surface area contributed by atoms with Crippen LogP contribution in [-0.2, 0) is 26.0 Å². The molecule has 2 atom stereocenters. The van der Waals surface area contributed by atoms with Crippen LogP contribution in [0.15, 0.2) is 35.6 Å². The number of fused-ring (bicyclic) bond motifs is 1. The maximum atomic E-state index is 12.8. The van der Waals surface area contributed by atoms with Crippen LogP contribution in [0.5, 0.6) is 5.75 Å². The van der Waals surface area contributed by atoms with Gasteiger partial charge in [-0.3, -0.25) is 9.19 Å². The number of rotatable bonds is 9. The minimum atomic E-state index is -1.34. The van der Waals surface area contributed by atoms with E-state index in [1.54, 1.807) is 13.3 Å². The van der Waals surface area contributed by atoms with Crippen molar-refractivity contribution < 1.29 is 18.4 Å². The SMILES string of the molecule is COCCOC(C)Oc1c(C)cnc(CS(=O)c2nc3ccccc3[nH]2)c1C. The molecule has 2 heterocycles. The minimum Gasteiger partial charge on any atom is -0.465 e. The number of nitrogens with one attached hydrogen (secondary N) is 1. The lowest BCUT2D eigenvalue weighted by atomic mass is 10.1. The molecule has 150 valence electrons. The van der Waals surface area contributed by atoms with Crippen molar-refractivity contribution in [2.45, 2.75) is 38.0 Å². The van der Waals surface area contributed by atoms with Gasteiger partial charge in [0.05, 0.1) is 46.5 Å². The molecule has 28 heavy (non-hydrogen) atoms. The Kier molecular flexibility index (Phi) is 6.77.